The third-order valence-electron chi connectivity index (χ3n) is 2.86. The largest absolute Gasteiger partial charge is 0.338 e. The van der Waals surface area contributed by atoms with E-state index >= 15 is 0 Å². The Morgan fingerprint density at radius 1 is 1.11 bits per heavy atom. The Kier molecular flexibility index (Phi) is 3.05. The lowest BCUT2D eigenvalue weighted by Gasteiger charge is -2.09. The number of fused-ring (bicyclic) bond motifs is 1. The lowest BCUT2D eigenvalue weighted by molar-refractivity contribution is 1.21. The van der Waals surface area contributed by atoms with Crippen molar-refractivity contribution in [2.75, 3.05) is 5.32 Å². The van der Waals surface area contributed by atoms with Crippen LogP contribution in [0.1, 0.15) is 5.69 Å². The molecule has 0 saturated carbocycles. The molecule has 0 radical (unpaired) electrons. The summed E-state index contributed by atoms with van der Waals surface area (Å²) in [6, 6.07) is 13.9. The molecule has 0 aliphatic rings. The van der Waals surface area contributed by atoms with Gasteiger partial charge in [0.05, 0.1) is 11.9 Å². The van der Waals surface area contributed by atoms with Gasteiger partial charge in [0.1, 0.15) is 11.0 Å². The van der Waals surface area contributed by atoms with E-state index in [9.17, 15) is 0 Å². The fourth-order valence-electron chi connectivity index (χ4n) is 2.01. The molecule has 0 saturated heterocycles. The summed E-state index contributed by atoms with van der Waals surface area (Å²) in [5.74, 6) is 0.833. The Morgan fingerprint density at radius 3 is 2.74 bits per heavy atom. The Bertz CT molecular complexity index is 723. The predicted octanol–water partition coefficient (Wildman–Crippen LogP) is 4.34. The van der Waals surface area contributed by atoms with Crippen molar-refractivity contribution < 1.29 is 0 Å². The Morgan fingerprint density at radius 2 is 1.95 bits per heavy atom. The number of nitrogens with one attached hydrogen (secondary N) is 1. The fourth-order valence-corrected chi connectivity index (χ4v) is 2.13. The number of rotatable bonds is 2. The first-order valence-corrected chi connectivity index (χ1v) is 6.35. The second-order valence-corrected chi connectivity index (χ2v) is 4.72. The van der Waals surface area contributed by atoms with Gasteiger partial charge < -0.3 is 5.32 Å². The van der Waals surface area contributed by atoms with Crippen LogP contribution in [0.2, 0.25) is 5.15 Å². The molecule has 4 heteroatoms. The summed E-state index contributed by atoms with van der Waals surface area (Å²) >= 11 is 5.78. The second kappa shape index (κ2) is 4.86. The van der Waals surface area contributed by atoms with Gasteiger partial charge in [0.2, 0.25) is 0 Å². The summed E-state index contributed by atoms with van der Waals surface area (Å²) in [7, 11) is 0. The minimum atomic E-state index is 0.479. The summed E-state index contributed by atoms with van der Waals surface area (Å²) < 4.78 is 0. The summed E-state index contributed by atoms with van der Waals surface area (Å²) in [5.41, 5.74) is 1.84. The van der Waals surface area contributed by atoms with Gasteiger partial charge in [0.15, 0.2) is 0 Å². The number of hydrogen-bond acceptors (Lipinski definition) is 3. The van der Waals surface area contributed by atoms with E-state index in [1.807, 2.05) is 31.2 Å². The average Bonchev–Trinajstić information content (AvgIpc) is 2.41. The second-order valence-electron chi connectivity index (χ2n) is 4.33. The van der Waals surface area contributed by atoms with Crippen LogP contribution in [-0.2, 0) is 0 Å². The van der Waals surface area contributed by atoms with Gasteiger partial charge in [-0.3, -0.25) is 0 Å². The highest BCUT2D eigenvalue weighted by atomic mass is 35.5. The molecule has 19 heavy (non-hydrogen) atoms. The lowest BCUT2D eigenvalue weighted by atomic mass is 10.1. The zero-order chi connectivity index (χ0) is 13.2. The van der Waals surface area contributed by atoms with Crippen molar-refractivity contribution in [1.82, 2.24) is 9.97 Å². The molecule has 0 fully saturated rings. The minimum absolute atomic E-state index is 0.479. The zero-order valence-corrected chi connectivity index (χ0v) is 11.1. The predicted molar refractivity (Wildman–Crippen MR) is 79.0 cm³/mol. The maximum Gasteiger partial charge on any atom is 0.138 e. The highest BCUT2D eigenvalue weighted by Gasteiger charge is 2.04. The van der Waals surface area contributed by atoms with Crippen LogP contribution in [0.5, 0.6) is 0 Å². The van der Waals surface area contributed by atoms with Crippen LogP contribution in [0.4, 0.5) is 11.5 Å². The minimum Gasteiger partial charge on any atom is -0.338 e. The molecule has 3 aromatic rings. The molecule has 94 valence electrons. The molecule has 0 aliphatic heterocycles. The summed E-state index contributed by atoms with van der Waals surface area (Å²) in [6.45, 7) is 1.98. The van der Waals surface area contributed by atoms with Crippen molar-refractivity contribution in [2.45, 2.75) is 6.92 Å². The number of aromatic nitrogens is 2. The molecule has 3 rings (SSSR count). The topological polar surface area (TPSA) is 37.8 Å². The molecule has 0 unspecified atom stereocenters. The van der Waals surface area contributed by atoms with E-state index in [0.29, 0.717) is 5.15 Å². The SMILES string of the molecule is Cc1cc2ccccc2c(Nc2ccc(Cl)nc2)n1. The molecule has 2 aromatic heterocycles. The maximum atomic E-state index is 5.78. The number of anilines is 2. The van der Waals surface area contributed by atoms with E-state index in [-0.39, 0.29) is 0 Å². The van der Waals surface area contributed by atoms with Gasteiger partial charge in [-0.1, -0.05) is 35.9 Å². The average molecular weight is 270 g/mol. The van der Waals surface area contributed by atoms with Gasteiger partial charge in [0, 0.05) is 11.1 Å². The number of nitrogens with zero attached hydrogens (tertiary/aromatic N) is 2. The van der Waals surface area contributed by atoms with Crippen molar-refractivity contribution in [2.24, 2.45) is 0 Å². The van der Waals surface area contributed by atoms with Gasteiger partial charge >= 0.3 is 0 Å². The normalized spacial score (nSPS) is 10.6. The Labute approximate surface area is 116 Å². The van der Waals surface area contributed by atoms with Crippen LogP contribution in [0, 0.1) is 6.92 Å². The third kappa shape index (κ3) is 2.51. The van der Waals surface area contributed by atoms with E-state index < -0.39 is 0 Å². The molecule has 0 spiro atoms. The van der Waals surface area contributed by atoms with Crippen molar-refractivity contribution in [3.63, 3.8) is 0 Å². The summed E-state index contributed by atoms with van der Waals surface area (Å²) in [4.78, 5) is 8.60. The smallest absolute Gasteiger partial charge is 0.138 e. The van der Waals surface area contributed by atoms with Gasteiger partial charge in [-0.25, -0.2) is 9.97 Å². The van der Waals surface area contributed by atoms with Crippen LogP contribution < -0.4 is 5.32 Å². The Balaban J connectivity index is 2.07. The molecule has 1 aromatic carbocycles. The van der Waals surface area contributed by atoms with Crippen molar-refractivity contribution >= 4 is 33.9 Å². The van der Waals surface area contributed by atoms with E-state index in [0.717, 1.165) is 22.6 Å². The standard InChI is InChI=1S/C15H12ClN3/c1-10-8-11-4-2-3-5-13(11)15(18-10)19-12-6-7-14(16)17-9-12/h2-9H,1H3,(H,18,19). The molecular formula is C15H12ClN3. The van der Waals surface area contributed by atoms with Gasteiger partial charge in [-0.05, 0) is 30.5 Å². The fraction of sp³-hybridized carbons (Fsp3) is 0.0667. The summed E-state index contributed by atoms with van der Waals surface area (Å²) in [5, 5.41) is 6.01. The number of benzene rings is 1. The maximum absolute atomic E-state index is 5.78. The van der Waals surface area contributed by atoms with Crippen LogP contribution in [-0.4, -0.2) is 9.97 Å². The van der Waals surface area contributed by atoms with Crippen molar-refractivity contribution in [3.8, 4) is 0 Å². The Hall–Kier alpha value is -2.13. The first-order chi connectivity index (χ1) is 9.22. The van der Waals surface area contributed by atoms with Gasteiger partial charge in [-0.2, -0.15) is 0 Å². The monoisotopic (exact) mass is 269 g/mol. The first kappa shape index (κ1) is 11.9. The van der Waals surface area contributed by atoms with Crippen molar-refractivity contribution in [3.05, 3.63) is 59.5 Å². The molecule has 0 aliphatic carbocycles. The lowest BCUT2D eigenvalue weighted by Crippen LogP contribution is -1.97. The molecule has 0 bridgehead atoms. The van der Waals surface area contributed by atoms with E-state index in [4.69, 9.17) is 11.6 Å². The van der Waals surface area contributed by atoms with E-state index in [2.05, 4.69) is 27.4 Å². The number of aryl methyl sites for hydroxylation is 1. The first-order valence-electron chi connectivity index (χ1n) is 5.97. The van der Waals surface area contributed by atoms with Gasteiger partial charge in [0.25, 0.3) is 0 Å². The van der Waals surface area contributed by atoms with Crippen LogP contribution in [0.25, 0.3) is 10.8 Å². The van der Waals surface area contributed by atoms with Gasteiger partial charge in [-0.15, -0.1) is 0 Å². The van der Waals surface area contributed by atoms with Crippen LogP contribution in [0.3, 0.4) is 0 Å². The van der Waals surface area contributed by atoms with Crippen LogP contribution >= 0.6 is 11.6 Å². The number of pyridine rings is 2. The quantitative estimate of drug-likeness (QED) is 0.704. The zero-order valence-electron chi connectivity index (χ0n) is 10.4. The molecule has 2 heterocycles. The third-order valence-corrected chi connectivity index (χ3v) is 3.08. The highest BCUT2D eigenvalue weighted by molar-refractivity contribution is 6.29. The highest BCUT2D eigenvalue weighted by Crippen LogP contribution is 2.25. The molecule has 0 atom stereocenters. The number of hydrogen-bond donors (Lipinski definition) is 1. The van der Waals surface area contributed by atoms with E-state index in [1.54, 1.807) is 12.3 Å². The van der Waals surface area contributed by atoms with Crippen LogP contribution in [0.15, 0.2) is 48.7 Å². The molecule has 1 N–H and O–H groups in total. The summed E-state index contributed by atoms with van der Waals surface area (Å²) in [6.07, 6.45) is 1.70. The number of halogens is 1. The molecule has 3 nitrogen and oxygen atoms in total. The van der Waals surface area contributed by atoms with Crippen molar-refractivity contribution in [1.29, 1.82) is 0 Å². The van der Waals surface area contributed by atoms with E-state index in [1.165, 1.54) is 5.39 Å². The molecular weight excluding hydrogens is 258 g/mol. The molecule has 0 amide bonds.